The molecule has 0 aliphatic carbocycles. The Labute approximate surface area is 113 Å². The quantitative estimate of drug-likeness (QED) is 0.898. The molecule has 0 amide bonds. The smallest absolute Gasteiger partial charge is 0.147 e. The molecule has 0 saturated heterocycles. The van der Waals surface area contributed by atoms with E-state index in [9.17, 15) is 4.39 Å². The van der Waals surface area contributed by atoms with Crippen molar-refractivity contribution in [1.82, 2.24) is 0 Å². The molecule has 0 fully saturated rings. The molecule has 0 bridgehead atoms. The van der Waals surface area contributed by atoms with Crippen LogP contribution in [0.1, 0.15) is 25.5 Å². The Kier molecular flexibility index (Phi) is 4.17. The Balaban J connectivity index is 2.39. The number of anilines is 2. The average Bonchev–Trinajstić information content (AvgIpc) is 2.42. The van der Waals surface area contributed by atoms with Crippen LogP contribution in [-0.2, 0) is 0 Å². The zero-order valence-electron chi connectivity index (χ0n) is 11.3. The summed E-state index contributed by atoms with van der Waals surface area (Å²) in [6.07, 6.45) is 0. The summed E-state index contributed by atoms with van der Waals surface area (Å²) in [6.45, 7) is 4.56. The van der Waals surface area contributed by atoms with Gasteiger partial charge in [-0.3, -0.25) is 0 Å². The van der Waals surface area contributed by atoms with Gasteiger partial charge in [-0.15, -0.1) is 0 Å². The molecule has 2 N–H and O–H groups in total. The van der Waals surface area contributed by atoms with Crippen LogP contribution in [0.15, 0.2) is 48.5 Å². The van der Waals surface area contributed by atoms with Crippen LogP contribution in [0.25, 0.3) is 0 Å². The summed E-state index contributed by atoms with van der Waals surface area (Å²) < 4.78 is 14.2. The molecule has 2 aromatic carbocycles. The number of hydrogen-bond donors (Lipinski definition) is 1. The molecule has 100 valence electrons. The van der Waals surface area contributed by atoms with Crippen LogP contribution in [0, 0.1) is 5.82 Å². The molecule has 0 spiro atoms. The van der Waals surface area contributed by atoms with E-state index >= 15 is 0 Å². The zero-order valence-corrected chi connectivity index (χ0v) is 11.3. The monoisotopic (exact) mass is 258 g/mol. The molecular weight excluding hydrogens is 239 g/mol. The number of hydrogen-bond acceptors (Lipinski definition) is 2. The van der Waals surface area contributed by atoms with E-state index in [0.29, 0.717) is 12.2 Å². The van der Waals surface area contributed by atoms with Gasteiger partial charge in [0.2, 0.25) is 0 Å². The van der Waals surface area contributed by atoms with Crippen molar-refractivity contribution in [2.75, 3.05) is 11.4 Å². The number of para-hydroxylation sites is 1. The lowest BCUT2D eigenvalue weighted by Gasteiger charge is -2.24. The van der Waals surface area contributed by atoms with Gasteiger partial charge in [0.15, 0.2) is 0 Å². The predicted molar refractivity (Wildman–Crippen MR) is 78.1 cm³/mol. The van der Waals surface area contributed by atoms with Crippen LogP contribution in [0.4, 0.5) is 15.8 Å². The highest BCUT2D eigenvalue weighted by molar-refractivity contribution is 5.64. The lowest BCUT2D eigenvalue weighted by atomic mass is 10.1. The summed E-state index contributed by atoms with van der Waals surface area (Å²) in [7, 11) is 0. The number of nitrogens with two attached hydrogens (primary N) is 1. The van der Waals surface area contributed by atoms with Crippen molar-refractivity contribution < 1.29 is 4.39 Å². The third-order valence-corrected chi connectivity index (χ3v) is 3.17. The highest BCUT2D eigenvalue weighted by Crippen LogP contribution is 2.28. The Hall–Kier alpha value is -1.87. The first-order valence-corrected chi connectivity index (χ1v) is 6.51. The largest absolute Gasteiger partial charge is 0.339 e. The lowest BCUT2D eigenvalue weighted by molar-refractivity contribution is 0.620. The summed E-state index contributed by atoms with van der Waals surface area (Å²) in [6, 6.07) is 14.8. The molecule has 2 aromatic rings. The summed E-state index contributed by atoms with van der Waals surface area (Å²) >= 11 is 0. The standard InChI is InChI=1S/C16H19FN2/c1-3-19(14-7-5-4-6-8-14)16-10-9-13(12(2)18)11-15(16)17/h4-12H,3,18H2,1-2H3/t12-/m0/s1. The van der Waals surface area contributed by atoms with Crippen LogP contribution in [0.2, 0.25) is 0 Å². The molecule has 0 aliphatic rings. The molecule has 0 saturated carbocycles. The van der Waals surface area contributed by atoms with Gasteiger partial charge in [-0.05, 0) is 43.7 Å². The van der Waals surface area contributed by atoms with Crippen LogP contribution in [0.3, 0.4) is 0 Å². The van der Waals surface area contributed by atoms with E-state index in [4.69, 9.17) is 5.73 Å². The SMILES string of the molecule is CCN(c1ccccc1)c1ccc([C@H](C)N)cc1F. The minimum Gasteiger partial charge on any atom is -0.339 e. The van der Waals surface area contributed by atoms with E-state index in [-0.39, 0.29) is 11.9 Å². The van der Waals surface area contributed by atoms with Crippen molar-refractivity contribution in [1.29, 1.82) is 0 Å². The Morgan fingerprint density at radius 2 is 1.84 bits per heavy atom. The van der Waals surface area contributed by atoms with E-state index in [1.807, 2.05) is 55.1 Å². The summed E-state index contributed by atoms with van der Waals surface area (Å²) in [4.78, 5) is 1.94. The second-order valence-corrected chi connectivity index (χ2v) is 4.58. The molecule has 0 aliphatic heterocycles. The van der Waals surface area contributed by atoms with E-state index in [1.165, 1.54) is 6.07 Å². The zero-order chi connectivity index (χ0) is 13.8. The normalized spacial score (nSPS) is 12.2. The Morgan fingerprint density at radius 1 is 1.16 bits per heavy atom. The maximum Gasteiger partial charge on any atom is 0.147 e. The van der Waals surface area contributed by atoms with Gasteiger partial charge in [-0.2, -0.15) is 0 Å². The first kappa shape index (κ1) is 13.6. The fourth-order valence-electron chi connectivity index (χ4n) is 2.13. The van der Waals surface area contributed by atoms with Crippen molar-refractivity contribution in [3.05, 3.63) is 59.9 Å². The molecule has 0 unspecified atom stereocenters. The summed E-state index contributed by atoms with van der Waals surface area (Å²) in [5, 5.41) is 0. The molecule has 0 heterocycles. The van der Waals surface area contributed by atoms with E-state index < -0.39 is 0 Å². The number of rotatable bonds is 4. The van der Waals surface area contributed by atoms with Crippen molar-refractivity contribution >= 4 is 11.4 Å². The van der Waals surface area contributed by atoms with Crippen LogP contribution in [0.5, 0.6) is 0 Å². The van der Waals surface area contributed by atoms with Gasteiger partial charge >= 0.3 is 0 Å². The second-order valence-electron chi connectivity index (χ2n) is 4.58. The topological polar surface area (TPSA) is 29.3 Å². The van der Waals surface area contributed by atoms with Crippen molar-refractivity contribution in [3.63, 3.8) is 0 Å². The predicted octanol–water partition coefficient (Wildman–Crippen LogP) is 4.00. The summed E-state index contributed by atoms with van der Waals surface area (Å²) in [5.74, 6) is -0.236. The fraction of sp³-hybridized carbons (Fsp3) is 0.250. The Bertz CT molecular complexity index is 538. The van der Waals surface area contributed by atoms with Crippen LogP contribution in [-0.4, -0.2) is 6.54 Å². The third-order valence-electron chi connectivity index (χ3n) is 3.17. The molecule has 2 nitrogen and oxygen atoms in total. The third kappa shape index (κ3) is 2.93. The van der Waals surface area contributed by atoms with Crippen LogP contribution >= 0.6 is 0 Å². The van der Waals surface area contributed by atoms with Crippen LogP contribution < -0.4 is 10.6 Å². The van der Waals surface area contributed by atoms with Gasteiger partial charge in [-0.25, -0.2) is 4.39 Å². The number of benzene rings is 2. The van der Waals surface area contributed by atoms with Crippen molar-refractivity contribution in [2.24, 2.45) is 5.73 Å². The van der Waals surface area contributed by atoms with Gasteiger partial charge < -0.3 is 10.6 Å². The maximum atomic E-state index is 14.2. The molecule has 1 atom stereocenters. The fourth-order valence-corrected chi connectivity index (χ4v) is 2.13. The molecule has 2 rings (SSSR count). The highest BCUT2D eigenvalue weighted by Gasteiger charge is 2.13. The van der Waals surface area contributed by atoms with Gasteiger partial charge in [0.05, 0.1) is 5.69 Å². The molecule has 19 heavy (non-hydrogen) atoms. The van der Waals surface area contributed by atoms with Gasteiger partial charge in [-0.1, -0.05) is 24.3 Å². The first-order valence-electron chi connectivity index (χ1n) is 6.51. The molecular formula is C16H19FN2. The van der Waals surface area contributed by atoms with Gasteiger partial charge in [0, 0.05) is 18.3 Å². The first-order chi connectivity index (χ1) is 9.13. The number of nitrogens with zero attached hydrogens (tertiary/aromatic N) is 1. The van der Waals surface area contributed by atoms with E-state index in [0.717, 1.165) is 11.3 Å². The van der Waals surface area contributed by atoms with E-state index in [2.05, 4.69) is 0 Å². The van der Waals surface area contributed by atoms with E-state index in [1.54, 1.807) is 6.07 Å². The maximum absolute atomic E-state index is 14.2. The van der Waals surface area contributed by atoms with Gasteiger partial charge in [0.1, 0.15) is 5.82 Å². The summed E-state index contributed by atoms with van der Waals surface area (Å²) in [5.41, 5.74) is 8.15. The lowest BCUT2D eigenvalue weighted by Crippen LogP contribution is -2.17. The molecule has 0 radical (unpaired) electrons. The molecule has 3 heteroatoms. The number of halogens is 1. The van der Waals surface area contributed by atoms with Crippen molar-refractivity contribution in [3.8, 4) is 0 Å². The average molecular weight is 258 g/mol. The van der Waals surface area contributed by atoms with Gasteiger partial charge in [0.25, 0.3) is 0 Å². The van der Waals surface area contributed by atoms with Crippen molar-refractivity contribution in [2.45, 2.75) is 19.9 Å². The highest BCUT2D eigenvalue weighted by atomic mass is 19.1. The minimum absolute atomic E-state index is 0.157. The molecule has 0 aromatic heterocycles. The Morgan fingerprint density at radius 3 is 2.37 bits per heavy atom. The second kappa shape index (κ2) is 5.85. The minimum atomic E-state index is -0.236.